The lowest BCUT2D eigenvalue weighted by Crippen LogP contribution is -2.41. The summed E-state index contributed by atoms with van der Waals surface area (Å²) in [6.45, 7) is 0.428. The lowest BCUT2D eigenvalue weighted by Gasteiger charge is -2.34. The maximum Gasteiger partial charge on any atom is 0.315 e. The molecule has 2 amide bonds. The molecule has 2 aromatic rings. The van der Waals surface area contributed by atoms with Gasteiger partial charge in [-0.3, -0.25) is 0 Å². The minimum absolute atomic E-state index is 0.0798. The summed E-state index contributed by atoms with van der Waals surface area (Å²) in [4.78, 5) is 12.3. The number of carbonyl (C=O) groups is 1. The Labute approximate surface area is 142 Å². The van der Waals surface area contributed by atoms with E-state index in [0.29, 0.717) is 17.5 Å². The number of carbonyl (C=O) groups excluding carboxylic acids is 1. The van der Waals surface area contributed by atoms with E-state index in [2.05, 4.69) is 22.8 Å². The minimum atomic E-state index is -0.148. The molecular formula is C19H21ClN2O. The van der Waals surface area contributed by atoms with Gasteiger partial charge in [0.2, 0.25) is 0 Å². The van der Waals surface area contributed by atoms with E-state index >= 15 is 0 Å². The van der Waals surface area contributed by atoms with Crippen LogP contribution in [0.4, 0.5) is 4.79 Å². The Morgan fingerprint density at radius 1 is 1.09 bits per heavy atom. The molecule has 0 bridgehead atoms. The molecule has 3 nitrogen and oxygen atoms in total. The topological polar surface area (TPSA) is 41.1 Å². The molecule has 0 aromatic heterocycles. The van der Waals surface area contributed by atoms with Gasteiger partial charge in [-0.2, -0.15) is 0 Å². The third kappa shape index (κ3) is 4.05. The molecule has 0 heterocycles. The molecule has 1 atom stereocenters. The zero-order valence-corrected chi connectivity index (χ0v) is 13.7. The van der Waals surface area contributed by atoms with Crippen molar-refractivity contribution >= 4 is 17.6 Å². The van der Waals surface area contributed by atoms with Crippen molar-refractivity contribution in [2.45, 2.75) is 31.8 Å². The average molecular weight is 329 g/mol. The summed E-state index contributed by atoms with van der Waals surface area (Å²) < 4.78 is 0. The van der Waals surface area contributed by atoms with Gasteiger partial charge in [-0.15, -0.1) is 0 Å². The Kier molecular flexibility index (Phi) is 5.19. The van der Waals surface area contributed by atoms with Crippen molar-refractivity contribution < 1.29 is 4.79 Å². The summed E-state index contributed by atoms with van der Waals surface area (Å²) in [5.41, 5.74) is 2.09. The molecule has 1 aliphatic rings. The molecule has 2 aromatic carbocycles. The molecule has 120 valence electrons. The lowest BCUT2D eigenvalue weighted by molar-refractivity contribution is 0.207. The number of halogens is 1. The fourth-order valence-electron chi connectivity index (χ4n) is 2.92. The first kappa shape index (κ1) is 15.9. The monoisotopic (exact) mass is 328 g/mol. The van der Waals surface area contributed by atoms with Crippen molar-refractivity contribution in [3.8, 4) is 0 Å². The largest absolute Gasteiger partial charge is 0.334 e. The Bertz CT molecular complexity index is 655. The minimum Gasteiger partial charge on any atom is -0.334 e. The van der Waals surface area contributed by atoms with Crippen LogP contribution in [0.3, 0.4) is 0 Å². The predicted molar refractivity (Wildman–Crippen MR) is 93.3 cm³/mol. The third-order valence-corrected chi connectivity index (χ3v) is 4.83. The average Bonchev–Trinajstić information content (AvgIpc) is 2.53. The quantitative estimate of drug-likeness (QED) is 0.822. The second-order valence-corrected chi connectivity index (χ2v) is 6.40. The summed E-state index contributed by atoms with van der Waals surface area (Å²) >= 11 is 6.12. The molecule has 3 rings (SSSR count). The van der Waals surface area contributed by atoms with Crippen molar-refractivity contribution in [3.05, 3.63) is 70.7 Å². The number of rotatable bonds is 5. The Hall–Kier alpha value is -2.00. The zero-order valence-electron chi connectivity index (χ0n) is 13.0. The summed E-state index contributed by atoms with van der Waals surface area (Å²) in [6.07, 6.45) is 3.59. The van der Waals surface area contributed by atoms with E-state index in [1.54, 1.807) is 0 Å². The maximum absolute atomic E-state index is 12.3. The van der Waals surface area contributed by atoms with Crippen LogP contribution in [-0.4, -0.2) is 6.03 Å². The van der Waals surface area contributed by atoms with Gasteiger partial charge in [-0.05, 0) is 36.0 Å². The van der Waals surface area contributed by atoms with E-state index in [-0.39, 0.29) is 12.1 Å². The number of hydrogen-bond acceptors (Lipinski definition) is 1. The van der Waals surface area contributed by atoms with Crippen LogP contribution in [0.15, 0.2) is 54.6 Å². The Morgan fingerprint density at radius 3 is 2.43 bits per heavy atom. The van der Waals surface area contributed by atoms with Crippen LogP contribution in [0.25, 0.3) is 0 Å². The van der Waals surface area contributed by atoms with Gasteiger partial charge < -0.3 is 10.6 Å². The highest BCUT2D eigenvalue weighted by atomic mass is 35.5. The molecule has 0 aliphatic heterocycles. The zero-order chi connectivity index (χ0) is 16.1. The van der Waals surface area contributed by atoms with Gasteiger partial charge in [0.25, 0.3) is 0 Å². The van der Waals surface area contributed by atoms with Crippen LogP contribution in [-0.2, 0) is 6.54 Å². The van der Waals surface area contributed by atoms with Gasteiger partial charge in [0.1, 0.15) is 0 Å². The summed E-state index contributed by atoms with van der Waals surface area (Å²) in [6, 6.07) is 17.7. The molecule has 0 saturated heterocycles. The first-order chi connectivity index (χ1) is 11.2. The van der Waals surface area contributed by atoms with Crippen LogP contribution in [0.2, 0.25) is 5.02 Å². The molecule has 2 N–H and O–H groups in total. The van der Waals surface area contributed by atoms with Gasteiger partial charge in [-0.1, -0.05) is 66.6 Å². The van der Waals surface area contributed by atoms with Crippen LogP contribution < -0.4 is 10.6 Å². The molecular weight excluding hydrogens is 308 g/mol. The Balaban J connectivity index is 1.61. The number of nitrogens with one attached hydrogen (secondary N) is 2. The smallest absolute Gasteiger partial charge is 0.315 e. The van der Waals surface area contributed by atoms with Crippen LogP contribution in [0, 0.1) is 5.92 Å². The van der Waals surface area contributed by atoms with Crippen LogP contribution in [0.1, 0.15) is 36.4 Å². The van der Waals surface area contributed by atoms with Crippen molar-refractivity contribution in [3.63, 3.8) is 0 Å². The SMILES string of the molecule is O=C(NCc1ccccc1Cl)NC(c1ccccc1)C1CCC1. The van der Waals surface area contributed by atoms with E-state index in [4.69, 9.17) is 11.6 Å². The van der Waals surface area contributed by atoms with Crippen LogP contribution in [0.5, 0.6) is 0 Å². The molecule has 4 heteroatoms. The normalized spacial score (nSPS) is 15.5. The third-order valence-electron chi connectivity index (χ3n) is 4.46. The molecule has 1 aliphatic carbocycles. The first-order valence-corrected chi connectivity index (χ1v) is 8.44. The first-order valence-electron chi connectivity index (χ1n) is 8.07. The highest BCUT2D eigenvalue weighted by molar-refractivity contribution is 6.31. The summed E-state index contributed by atoms with van der Waals surface area (Å²) in [5.74, 6) is 0.531. The van der Waals surface area contributed by atoms with Gasteiger partial charge in [0, 0.05) is 11.6 Å². The van der Waals surface area contributed by atoms with E-state index in [9.17, 15) is 4.79 Å². The van der Waals surface area contributed by atoms with Crippen molar-refractivity contribution in [2.24, 2.45) is 5.92 Å². The standard InChI is InChI=1S/C19H21ClN2O/c20-17-12-5-4-9-16(17)13-21-19(23)22-18(15-10-6-11-15)14-7-2-1-3-8-14/h1-5,7-9,12,15,18H,6,10-11,13H2,(H2,21,22,23). The van der Waals surface area contributed by atoms with E-state index in [1.807, 2.05) is 42.5 Å². The van der Waals surface area contributed by atoms with Crippen LogP contribution >= 0.6 is 11.6 Å². The van der Waals surface area contributed by atoms with Crippen molar-refractivity contribution in [1.82, 2.24) is 10.6 Å². The van der Waals surface area contributed by atoms with Gasteiger partial charge in [0.15, 0.2) is 0 Å². The highest BCUT2D eigenvalue weighted by Crippen LogP contribution is 2.37. The highest BCUT2D eigenvalue weighted by Gasteiger charge is 2.29. The summed E-state index contributed by atoms with van der Waals surface area (Å²) in [7, 11) is 0. The lowest BCUT2D eigenvalue weighted by atomic mass is 9.77. The van der Waals surface area contributed by atoms with Crippen molar-refractivity contribution in [2.75, 3.05) is 0 Å². The van der Waals surface area contributed by atoms with Gasteiger partial charge in [0.05, 0.1) is 6.04 Å². The van der Waals surface area contributed by atoms with Gasteiger partial charge in [-0.25, -0.2) is 4.79 Å². The van der Waals surface area contributed by atoms with E-state index < -0.39 is 0 Å². The molecule has 0 radical (unpaired) electrons. The second-order valence-electron chi connectivity index (χ2n) is 6.00. The number of urea groups is 1. The Morgan fingerprint density at radius 2 is 1.78 bits per heavy atom. The van der Waals surface area contributed by atoms with Gasteiger partial charge >= 0.3 is 6.03 Å². The molecule has 23 heavy (non-hydrogen) atoms. The number of benzene rings is 2. The number of amides is 2. The summed E-state index contributed by atoms with van der Waals surface area (Å²) in [5, 5.41) is 6.71. The van der Waals surface area contributed by atoms with E-state index in [1.165, 1.54) is 24.8 Å². The fraction of sp³-hybridized carbons (Fsp3) is 0.316. The maximum atomic E-state index is 12.3. The fourth-order valence-corrected chi connectivity index (χ4v) is 3.12. The van der Waals surface area contributed by atoms with E-state index in [0.717, 1.165) is 5.56 Å². The predicted octanol–water partition coefficient (Wildman–Crippen LogP) is 4.68. The number of hydrogen-bond donors (Lipinski definition) is 2. The molecule has 1 unspecified atom stereocenters. The van der Waals surface area contributed by atoms with Crippen molar-refractivity contribution in [1.29, 1.82) is 0 Å². The molecule has 1 saturated carbocycles. The second kappa shape index (κ2) is 7.51. The molecule has 0 spiro atoms. The molecule has 1 fully saturated rings.